The van der Waals surface area contributed by atoms with E-state index in [0.717, 1.165) is 43.1 Å². The summed E-state index contributed by atoms with van der Waals surface area (Å²) in [6, 6.07) is 15.4. The average molecular weight is 867 g/mol. The highest BCUT2D eigenvalue weighted by Gasteiger charge is 2.65. The van der Waals surface area contributed by atoms with Gasteiger partial charge in [-0.05, 0) is 125 Å². The van der Waals surface area contributed by atoms with Crippen molar-refractivity contribution in [2.24, 2.45) is 22.9 Å². The molecule has 4 aliphatic rings. The number of aldehydes is 1. The van der Waals surface area contributed by atoms with E-state index in [4.69, 9.17) is 38.4 Å². The minimum absolute atomic E-state index is 0.0176. The largest absolute Gasteiger partial charge is 0.496 e. The Bertz CT molecular complexity index is 2180. The van der Waals surface area contributed by atoms with Crippen molar-refractivity contribution in [2.45, 2.75) is 102 Å². The van der Waals surface area contributed by atoms with Gasteiger partial charge in [0.2, 0.25) is 12.6 Å². The van der Waals surface area contributed by atoms with Crippen LogP contribution in [-0.2, 0) is 9.57 Å². The Labute approximate surface area is 370 Å². The van der Waals surface area contributed by atoms with E-state index in [0.29, 0.717) is 77.1 Å². The SMILES string of the molecule is C=CCO[C@@]12Oc3ccc(Oc4ccc(OC)c(C=O)c4)cc3[C@H]3[C@H](CCCCO)[C@@H](CCCCO)C=C(C(=NOC(C)(C)C)C[C@@H]1N(CCC)C(=O)c1ccc4c(c1)OCO4)[C@H]32. The van der Waals surface area contributed by atoms with E-state index in [1.165, 1.54) is 7.11 Å². The number of benzene rings is 3. The molecular weight excluding hydrogens is 805 g/mol. The smallest absolute Gasteiger partial charge is 0.254 e. The summed E-state index contributed by atoms with van der Waals surface area (Å²) < 4.78 is 37.7. The van der Waals surface area contributed by atoms with Crippen LogP contribution in [0.3, 0.4) is 0 Å². The number of aliphatic hydroxyl groups excluding tert-OH is 2. The van der Waals surface area contributed by atoms with Gasteiger partial charge >= 0.3 is 0 Å². The highest BCUT2D eigenvalue weighted by Crippen LogP contribution is 2.62. The fourth-order valence-electron chi connectivity index (χ4n) is 9.74. The number of fused-ring (bicyclic) bond motifs is 3. The second-order valence-corrected chi connectivity index (χ2v) is 17.7. The maximum absolute atomic E-state index is 15.1. The van der Waals surface area contributed by atoms with Crippen LogP contribution in [0.25, 0.3) is 0 Å². The fraction of sp³-hybridized carbons (Fsp3) is 0.500. The molecule has 2 aliphatic carbocycles. The van der Waals surface area contributed by atoms with Crippen LogP contribution < -0.4 is 23.7 Å². The van der Waals surface area contributed by atoms with E-state index in [9.17, 15) is 15.0 Å². The lowest BCUT2D eigenvalue weighted by Gasteiger charge is -2.60. The Morgan fingerprint density at radius 1 is 0.968 bits per heavy atom. The summed E-state index contributed by atoms with van der Waals surface area (Å²) >= 11 is 0. The zero-order chi connectivity index (χ0) is 44.7. The maximum Gasteiger partial charge on any atom is 0.254 e. The molecule has 0 aromatic heterocycles. The number of allylic oxidation sites excluding steroid dienone is 1. The number of aliphatic hydroxyl groups is 2. The lowest BCUT2D eigenvalue weighted by atomic mass is 9.55. The Hall–Kier alpha value is -5.37. The number of hydrogen-bond donors (Lipinski definition) is 2. The third-order valence-corrected chi connectivity index (χ3v) is 12.4. The minimum atomic E-state index is -1.43. The van der Waals surface area contributed by atoms with Gasteiger partial charge in [-0.25, -0.2) is 0 Å². The van der Waals surface area contributed by atoms with Crippen LogP contribution >= 0.6 is 0 Å². The molecule has 6 atom stereocenters. The number of oxime groups is 1. The Kier molecular flexibility index (Phi) is 14.5. The minimum Gasteiger partial charge on any atom is -0.496 e. The van der Waals surface area contributed by atoms with Crippen LogP contribution in [-0.4, -0.2) is 90.7 Å². The summed E-state index contributed by atoms with van der Waals surface area (Å²) in [5.41, 5.74) is 2.75. The number of amides is 1. The molecule has 0 radical (unpaired) electrons. The molecule has 2 aliphatic heterocycles. The first-order valence-electron chi connectivity index (χ1n) is 22.3. The molecule has 0 unspecified atom stereocenters. The first-order valence-corrected chi connectivity index (χ1v) is 22.3. The van der Waals surface area contributed by atoms with Crippen LogP contribution in [0.4, 0.5) is 0 Å². The molecule has 1 saturated carbocycles. The van der Waals surface area contributed by atoms with Crippen molar-refractivity contribution < 1.29 is 53.1 Å². The molecule has 3 aromatic rings. The second-order valence-electron chi connectivity index (χ2n) is 17.7. The number of carbonyl (C=O) groups excluding carboxylic acids is 2. The van der Waals surface area contributed by atoms with Gasteiger partial charge in [-0.2, -0.15) is 0 Å². The van der Waals surface area contributed by atoms with E-state index < -0.39 is 23.3 Å². The molecule has 7 rings (SSSR count). The molecule has 0 spiro atoms. The van der Waals surface area contributed by atoms with Crippen LogP contribution in [0.2, 0.25) is 0 Å². The van der Waals surface area contributed by atoms with Crippen molar-refractivity contribution in [2.75, 3.05) is 40.3 Å². The maximum atomic E-state index is 15.1. The first kappa shape index (κ1) is 45.6. The highest BCUT2D eigenvalue weighted by atomic mass is 16.7. The van der Waals surface area contributed by atoms with Gasteiger partial charge in [0, 0.05) is 43.2 Å². The molecule has 0 bridgehead atoms. The zero-order valence-electron chi connectivity index (χ0n) is 37.2. The van der Waals surface area contributed by atoms with Crippen LogP contribution in [0.1, 0.15) is 111 Å². The number of ether oxygens (including phenoxy) is 6. The summed E-state index contributed by atoms with van der Waals surface area (Å²) in [7, 11) is 1.52. The molecule has 63 heavy (non-hydrogen) atoms. The number of carbonyl (C=O) groups is 2. The average Bonchev–Trinajstić information content (AvgIpc) is 3.76. The van der Waals surface area contributed by atoms with Crippen molar-refractivity contribution in [1.29, 1.82) is 0 Å². The fourth-order valence-corrected chi connectivity index (χ4v) is 9.74. The second kappa shape index (κ2) is 20.0. The van der Waals surface area contributed by atoms with E-state index in [2.05, 4.69) is 12.7 Å². The van der Waals surface area contributed by atoms with Gasteiger partial charge in [0.05, 0.1) is 30.9 Å². The third-order valence-electron chi connectivity index (χ3n) is 12.4. The first-order chi connectivity index (χ1) is 30.5. The number of rotatable bonds is 20. The van der Waals surface area contributed by atoms with Crippen molar-refractivity contribution in [3.63, 3.8) is 0 Å². The zero-order valence-corrected chi connectivity index (χ0v) is 37.2. The van der Waals surface area contributed by atoms with Crippen molar-refractivity contribution >= 4 is 17.9 Å². The highest BCUT2D eigenvalue weighted by molar-refractivity contribution is 6.03. The Morgan fingerprint density at radius 2 is 1.70 bits per heavy atom. The van der Waals surface area contributed by atoms with Crippen LogP contribution in [0, 0.1) is 17.8 Å². The molecule has 3 aromatic carbocycles. The molecule has 338 valence electrons. The van der Waals surface area contributed by atoms with Crippen LogP contribution in [0.15, 0.2) is 84.1 Å². The van der Waals surface area contributed by atoms with Crippen molar-refractivity contribution in [1.82, 2.24) is 4.90 Å². The van der Waals surface area contributed by atoms with Gasteiger partial charge in [0.15, 0.2) is 17.8 Å². The van der Waals surface area contributed by atoms with Gasteiger partial charge in [0.25, 0.3) is 5.91 Å². The summed E-state index contributed by atoms with van der Waals surface area (Å²) in [6.45, 7) is 12.7. The Morgan fingerprint density at radius 3 is 2.41 bits per heavy atom. The summed E-state index contributed by atoms with van der Waals surface area (Å²) in [5.74, 6) is 0.811. The van der Waals surface area contributed by atoms with E-state index >= 15 is 4.79 Å². The monoisotopic (exact) mass is 866 g/mol. The number of nitrogens with zero attached hydrogens (tertiary/aromatic N) is 2. The normalized spacial score (nSPS) is 23.8. The van der Waals surface area contributed by atoms with Crippen LogP contribution in [0.5, 0.6) is 34.5 Å². The number of unbranched alkanes of at least 4 members (excludes halogenated alkanes) is 2. The predicted octanol–water partition coefficient (Wildman–Crippen LogP) is 9.01. The predicted molar refractivity (Wildman–Crippen MR) is 238 cm³/mol. The van der Waals surface area contributed by atoms with E-state index in [-0.39, 0.29) is 56.7 Å². The Balaban J connectivity index is 1.45. The van der Waals surface area contributed by atoms with Gasteiger partial charge in [0.1, 0.15) is 34.6 Å². The lowest BCUT2D eigenvalue weighted by molar-refractivity contribution is -0.254. The van der Waals surface area contributed by atoms with Crippen molar-refractivity contribution in [3.05, 3.63) is 95.6 Å². The topological polar surface area (TPSA) is 155 Å². The number of methoxy groups -OCH3 is 1. The standard InChI is InChI=1S/C50H62N2O11/c1-7-21-52(48(56)33-15-18-43-44(27-33)59-31-58-43)45-29-40(51-63-49(3,4)5)38-26-32(13-9-11-22-53)37(14-10-12-23-54)46-39-28-36(61-35-16-19-41(57-6)34(25-35)30-55)17-20-42(39)62-50(45,47(38)46)60-24-8-2/h8,15-20,25-28,30,32,37,45-47,53-54H,2,7,9-14,21-24,29,31H2,1,3-6H3/t32-,37+,45-,46+,47+,50+/m0/s1. The lowest BCUT2D eigenvalue weighted by Crippen LogP contribution is -2.70. The van der Waals surface area contributed by atoms with Gasteiger partial charge in [-0.15, -0.1) is 6.58 Å². The van der Waals surface area contributed by atoms with Gasteiger partial charge in [-0.1, -0.05) is 37.1 Å². The third kappa shape index (κ3) is 9.61. The molecular formula is C50H62N2O11. The molecule has 1 fully saturated rings. The van der Waals surface area contributed by atoms with Crippen molar-refractivity contribution in [3.8, 4) is 34.5 Å². The molecule has 13 heteroatoms. The molecule has 2 heterocycles. The van der Waals surface area contributed by atoms with Gasteiger partial charge < -0.3 is 48.4 Å². The summed E-state index contributed by atoms with van der Waals surface area (Å²) in [5, 5.41) is 24.9. The van der Waals surface area contributed by atoms with E-state index in [1.54, 1.807) is 42.5 Å². The number of hydrogen-bond acceptors (Lipinski definition) is 12. The summed E-state index contributed by atoms with van der Waals surface area (Å²) in [4.78, 5) is 35.2. The molecule has 0 saturated heterocycles. The molecule has 2 N–H and O–H groups in total. The van der Waals surface area contributed by atoms with E-state index in [1.807, 2.05) is 50.8 Å². The quantitative estimate of drug-likeness (QED) is 0.0484. The molecule has 13 nitrogen and oxygen atoms in total. The van der Waals surface area contributed by atoms with Gasteiger partial charge in [-0.3, -0.25) is 9.59 Å². The summed E-state index contributed by atoms with van der Waals surface area (Å²) in [6.07, 6.45) is 10.2. The molecule has 1 amide bonds.